The maximum Gasteiger partial charge on any atom is 0.222 e. The normalized spacial score (nSPS) is 19.3. The fraction of sp³-hybridized carbons (Fsp3) is 0.385. The van der Waals surface area contributed by atoms with E-state index in [-0.39, 0.29) is 11.8 Å². The third-order valence-electron chi connectivity index (χ3n) is 3.25. The van der Waals surface area contributed by atoms with Crippen molar-refractivity contribution in [3.63, 3.8) is 0 Å². The monoisotopic (exact) mass is 263 g/mol. The van der Waals surface area contributed by atoms with Gasteiger partial charge >= 0.3 is 0 Å². The molecule has 0 spiro atoms. The highest BCUT2D eigenvalue weighted by Gasteiger charge is 2.26. The zero-order chi connectivity index (χ0) is 13.1. The van der Waals surface area contributed by atoms with E-state index in [1.54, 1.807) is 18.2 Å². The standard InChI is InChI=1S/C13H14ClN3O/c14-11-5-1-3-9(7-15)12(11)17-6-2-4-10(8-17)13(16)18/h1,3,5,10H,2,4,6,8H2,(H2,16,18). The molecule has 0 aromatic heterocycles. The molecular weight excluding hydrogens is 250 g/mol. The molecule has 0 saturated carbocycles. The zero-order valence-corrected chi connectivity index (χ0v) is 10.7. The first-order valence-electron chi connectivity index (χ1n) is 5.86. The Kier molecular flexibility index (Phi) is 3.73. The van der Waals surface area contributed by atoms with Gasteiger partial charge in [0.1, 0.15) is 6.07 Å². The van der Waals surface area contributed by atoms with Gasteiger partial charge in [0, 0.05) is 13.1 Å². The minimum atomic E-state index is -0.287. The number of primary amides is 1. The first-order valence-corrected chi connectivity index (χ1v) is 6.24. The smallest absolute Gasteiger partial charge is 0.222 e. The van der Waals surface area contributed by atoms with Crippen LogP contribution >= 0.6 is 11.6 Å². The molecule has 2 rings (SSSR count). The molecule has 1 unspecified atom stereocenters. The van der Waals surface area contributed by atoms with Crippen LogP contribution in [0.25, 0.3) is 0 Å². The number of amides is 1. The molecular formula is C13H14ClN3O. The van der Waals surface area contributed by atoms with Gasteiger partial charge in [0.05, 0.1) is 22.2 Å². The highest BCUT2D eigenvalue weighted by Crippen LogP contribution is 2.32. The molecule has 4 nitrogen and oxygen atoms in total. The van der Waals surface area contributed by atoms with Crippen LogP contribution in [0.4, 0.5) is 5.69 Å². The number of nitrogens with two attached hydrogens (primary N) is 1. The highest BCUT2D eigenvalue weighted by molar-refractivity contribution is 6.33. The third-order valence-corrected chi connectivity index (χ3v) is 3.55. The average molecular weight is 264 g/mol. The number of nitrogens with zero attached hydrogens (tertiary/aromatic N) is 2. The Morgan fingerprint density at radius 2 is 2.33 bits per heavy atom. The van der Waals surface area contributed by atoms with Crippen molar-refractivity contribution in [3.8, 4) is 6.07 Å². The summed E-state index contributed by atoms with van der Waals surface area (Å²) in [6.07, 6.45) is 1.68. The molecule has 2 N–H and O–H groups in total. The second-order valence-electron chi connectivity index (χ2n) is 4.44. The SMILES string of the molecule is N#Cc1cccc(Cl)c1N1CCCC(C(N)=O)C1. The van der Waals surface area contributed by atoms with E-state index in [9.17, 15) is 4.79 Å². The summed E-state index contributed by atoms with van der Waals surface area (Å²) in [5.41, 5.74) is 6.60. The lowest BCUT2D eigenvalue weighted by molar-refractivity contribution is -0.122. The second-order valence-corrected chi connectivity index (χ2v) is 4.84. The first kappa shape index (κ1) is 12.7. The Morgan fingerprint density at radius 1 is 1.56 bits per heavy atom. The van der Waals surface area contributed by atoms with E-state index in [1.165, 1.54) is 0 Å². The van der Waals surface area contributed by atoms with Gasteiger partial charge in [-0.05, 0) is 25.0 Å². The molecule has 5 heteroatoms. The van der Waals surface area contributed by atoms with Crippen molar-refractivity contribution in [2.24, 2.45) is 11.7 Å². The summed E-state index contributed by atoms with van der Waals surface area (Å²) in [7, 11) is 0. The molecule has 1 heterocycles. The van der Waals surface area contributed by atoms with Crippen LogP contribution in [-0.2, 0) is 4.79 Å². The molecule has 1 aromatic rings. The quantitative estimate of drug-likeness (QED) is 0.886. The third kappa shape index (κ3) is 2.41. The number of hydrogen-bond acceptors (Lipinski definition) is 3. The van der Waals surface area contributed by atoms with Crippen LogP contribution in [-0.4, -0.2) is 19.0 Å². The van der Waals surface area contributed by atoms with E-state index in [4.69, 9.17) is 22.6 Å². The molecule has 0 aliphatic carbocycles. The van der Waals surface area contributed by atoms with Gasteiger partial charge in [-0.25, -0.2) is 0 Å². The van der Waals surface area contributed by atoms with E-state index < -0.39 is 0 Å². The minimum Gasteiger partial charge on any atom is -0.369 e. The Bertz CT molecular complexity index is 509. The van der Waals surface area contributed by atoms with Crippen molar-refractivity contribution >= 4 is 23.2 Å². The van der Waals surface area contributed by atoms with Gasteiger partial charge < -0.3 is 10.6 Å². The van der Waals surface area contributed by atoms with Crippen molar-refractivity contribution < 1.29 is 4.79 Å². The summed E-state index contributed by atoms with van der Waals surface area (Å²) >= 11 is 6.16. The Hall–Kier alpha value is -1.73. The lowest BCUT2D eigenvalue weighted by Gasteiger charge is -2.34. The van der Waals surface area contributed by atoms with Gasteiger partial charge in [0.2, 0.25) is 5.91 Å². The summed E-state index contributed by atoms with van der Waals surface area (Å²) in [5.74, 6) is -0.452. The maximum absolute atomic E-state index is 11.3. The highest BCUT2D eigenvalue weighted by atomic mass is 35.5. The maximum atomic E-state index is 11.3. The predicted molar refractivity (Wildman–Crippen MR) is 70.3 cm³/mol. The van der Waals surface area contributed by atoms with Gasteiger partial charge in [-0.2, -0.15) is 5.26 Å². The molecule has 1 saturated heterocycles. The first-order chi connectivity index (χ1) is 8.63. The van der Waals surface area contributed by atoms with E-state index in [2.05, 4.69) is 6.07 Å². The zero-order valence-electron chi connectivity index (χ0n) is 9.90. The number of carbonyl (C=O) groups is 1. The van der Waals surface area contributed by atoms with Gasteiger partial charge in [-0.1, -0.05) is 17.7 Å². The average Bonchev–Trinajstić information content (AvgIpc) is 2.38. The van der Waals surface area contributed by atoms with E-state index in [0.717, 1.165) is 19.4 Å². The van der Waals surface area contributed by atoms with Gasteiger partial charge in [0.15, 0.2) is 0 Å². The molecule has 1 aliphatic rings. The fourth-order valence-electron chi connectivity index (χ4n) is 2.34. The molecule has 0 radical (unpaired) electrons. The Balaban J connectivity index is 2.32. The minimum absolute atomic E-state index is 0.165. The van der Waals surface area contributed by atoms with Gasteiger partial charge in [-0.15, -0.1) is 0 Å². The topological polar surface area (TPSA) is 70.1 Å². The molecule has 1 aliphatic heterocycles. The summed E-state index contributed by atoms with van der Waals surface area (Å²) in [6, 6.07) is 7.37. The van der Waals surface area contributed by atoms with Gasteiger partial charge in [-0.3, -0.25) is 4.79 Å². The number of halogens is 1. The molecule has 94 valence electrons. The second kappa shape index (κ2) is 5.28. The molecule has 1 atom stereocenters. The number of carbonyl (C=O) groups excluding carboxylic acids is 1. The van der Waals surface area contributed by atoms with Crippen LogP contribution in [0.5, 0.6) is 0 Å². The lowest BCUT2D eigenvalue weighted by atomic mass is 9.96. The number of para-hydroxylation sites is 1. The molecule has 18 heavy (non-hydrogen) atoms. The van der Waals surface area contributed by atoms with Crippen LogP contribution in [0.1, 0.15) is 18.4 Å². The number of nitriles is 1. The van der Waals surface area contributed by atoms with Crippen LogP contribution in [0.2, 0.25) is 5.02 Å². The largest absolute Gasteiger partial charge is 0.369 e. The van der Waals surface area contributed by atoms with Crippen LogP contribution < -0.4 is 10.6 Å². The van der Waals surface area contributed by atoms with Crippen molar-refractivity contribution in [1.82, 2.24) is 0 Å². The van der Waals surface area contributed by atoms with E-state index in [0.29, 0.717) is 22.8 Å². The summed E-state index contributed by atoms with van der Waals surface area (Å²) in [5, 5.41) is 9.66. The van der Waals surface area contributed by atoms with Crippen LogP contribution in [0.3, 0.4) is 0 Å². The summed E-state index contributed by atoms with van der Waals surface area (Å²) in [6.45, 7) is 1.33. The van der Waals surface area contributed by atoms with Crippen LogP contribution in [0.15, 0.2) is 18.2 Å². The number of benzene rings is 1. The van der Waals surface area contributed by atoms with Crippen molar-refractivity contribution in [1.29, 1.82) is 5.26 Å². The lowest BCUT2D eigenvalue weighted by Crippen LogP contribution is -2.41. The number of hydrogen-bond donors (Lipinski definition) is 1. The predicted octanol–water partition coefficient (Wildman–Crippen LogP) is 1.91. The van der Waals surface area contributed by atoms with Crippen LogP contribution in [0, 0.1) is 17.2 Å². The number of anilines is 1. The molecule has 1 aromatic carbocycles. The molecule has 1 amide bonds. The molecule has 0 bridgehead atoms. The fourth-order valence-corrected chi connectivity index (χ4v) is 2.63. The van der Waals surface area contributed by atoms with E-state index in [1.807, 2.05) is 4.90 Å². The number of rotatable bonds is 2. The van der Waals surface area contributed by atoms with Crippen molar-refractivity contribution in [2.45, 2.75) is 12.8 Å². The van der Waals surface area contributed by atoms with Gasteiger partial charge in [0.25, 0.3) is 0 Å². The summed E-state index contributed by atoms with van der Waals surface area (Å²) in [4.78, 5) is 13.3. The Morgan fingerprint density at radius 3 is 3.00 bits per heavy atom. The van der Waals surface area contributed by atoms with Crippen molar-refractivity contribution in [3.05, 3.63) is 28.8 Å². The Labute approximate surface area is 111 Å². The summed E-state index contributed by atoms with van der Waals surface area (Å²) < 4.78 is 0. The van der Waals surface area contributed by atoms with E-state index >= 15 is 0 Å². The number of piperidine rings is 1. The molecule has 1 fully saturated rings. The van der Waals surface area contributed by atoms with Crippen molar-refractivity contribution in [2.75, 3.05) is 18.0 Å².